The molecule has 1 aromatic carbocycles. The van der Waals surface area contributed by atoms with Gasteiger partial charge in [0.2, 0.25) is 0 Å². The maximum atomic E-state index is 5.37. The van der Waals surface area contributed by atoms with Crippen LogP contribution in [0.15, 0.2) is 24.3 Å². The molecule has 0 saturated heterocycles. The highest BCUT2D eigenvalue weighted by Gasteiger charge is 1.91. The van der Waals surface area contributed by atoms with Gasteiger partial charge in [-0.3, -0.25) is 0 Å². The molecule has 0 fully saturated rings. The largest absolute Gasteiger partial charge is 0.491 e. The fourth-order valence-electron chi connectivity index (χ4n) is 0.826. The quantitative estimate of drug-likeness (QED) is 0.622. The summed E-state index contributed by atoms with van der Waals surface area (Å²) in [4.78, 5) is 0. The highest BCUT2D eigenvalue weighted by molar-refractivity contribution is 14.1. The van der Waals surface area contributed by atoms with E-state index in [0.717, 1.165) is 5.75 Å². The third-order valence-electron chi connectivity index (χ3n) is 1.45. The third-order valence-corrected chi connectivity index (χ3v) is 1.89. The summed E-state index contributed by atoms with van der Waals surface area (Å²) < 4.78 is 10.2. The Morgan fingerprint density at radius 1 is 1.17 bits per heavy atom. The molecule has 0 atom stereocenters. The van der Waals surface area contributed by atoms with Gasteiger partial charge in [0.15, 0.2) is 0 Å². The summed E-state index contributed by atoms with van der Waals surface area (Å²) in [6, 6.07) is 7.98. The molecule has 0 radical (unpaired) electrons. The van der Waals surface area contributed by atoms with E-state index in [1.807, 2.05) is 47.3 Å². The van der Waals surface area contributed by atoms with Crippen molar-refractivity contribution in [1.29, 1.82) is 0 Å². The van der Waals surface area contributed by atoms with Crippen molar-refractivity contribution in [3.8, 4) is 5.75 Å². The van der Waals surface area contributed by atoms with Crippen LogP contribution < -0.4 is 4.74 Å². The van der Waals surface area contributed by atoms with Gasteiger partial charge in [0, 0.05) is 0 Å². The molecule has 12 heavy (non-hydrogen) atoms. The van der Waals surface area contributed by atoms with Crippen LogP contribution >= 0.6 is 23.0 Å². The molecule has 2 nitrogen and oxygen atoms in total. The van der Waals surface area contributed by atoms with Gasteiger partial charge in [0.25, 0.3) is 0 Å². The SMILES string of the molecule is Cc1ccc(OCCOI)cc1. The van der Waals surface area contributed by atoms with Crippen molar-refractivity contribution in [1.82, 2.24) is 0 Å². The van der Waals surface area contributed by atoms with Crippen molar-refractivity contribution in [3.63, 3.8) is 0 Å². The van der Waals surface area contributed by atoms with Crippen LogP contribution in [0, 0.1) is 6.92 Å². The Morgan fingerprint density at radius 2 is 1.83 bits per heavy atom. The zero-order chi connectivity index (χ0) is 8.81. The minimum atomic E-state index is 0.603. The Labute approximate surface area is 86.6 Å². The fourth-order valence-corrected chi connectivity index (χ4v) is 1.01. The highest BCUT2D eigenvalue weighted by atomic mass is 127. The first kappa shape index (κ1) is 9.80. The summed E-state index contributed by atoms with van der Waals surface area (Å²) >= 11 is 1.86. The second-order valence-electron chi connectivity index (χ2n) is 2.47. The van der Waals surface area contributed by atoms with E-state index in [2.05, 4.69) is 6.92 Å². The Kier molecular flexibility index (Phi) is 4.39. The van der Waals surface area contributed by atoms with Crippen molar-refractivity contribution in [2.75, 3.05) is 13.2 Å². The fraction of sp³-hybridized carbons (Fsp3) is 0.333. The second-order valence-corrected chi connectivity index (χ2v) is 3.10. The topological polar surface area (TPSA) is 18.5 Å². The molecule has 0 unspecified atom stereocenters. The molecule has 1 aromatic rings. The monoisotopic (exact) mass is 278 g/mol. The van der Waals surface area contributed by atoms with Gasteiger partial charge in [-0.25, -0.2) is 0 Å². The molecule has 0 bridgehead atoms. The van der Waals surface area contributed by atoms with Crippen LogP contribution in [0.4, 0.5) is 0 Å². The average molecular weight is 278 g/mol. The zero-order valence-electron chi connectivity index (χ0n) is 6.92. The first-order valence-corrected chi connectivity index (χ1v) is 4.64. The summed E-state index contributed by atoms with van der Waals surface area (Å²) in [5, 5.41) is 0. The van der Waals surface area contributed by atoms with Crippen LogP contribution in [-0.2, 0) is 3.07 Å². The number of benzene rings is 1. The van der Waals surface area contributed by atoms with Gasteiger partial charge in [-0.05, 0) is 19.1 Å². The van der Waals surface area contributed by atoms with Gasteiger partial charge < -0.3 is 7.80 Å². The van der Waals surface area contributed by atoms with Crippen molar-refractivity contribution in [2.45, 2.75) is 6.92 Å². The maximum absolute atomic E-state index is 5.37. The number of halogens is 1. The Balaban J connectivity index is 2.37. The summed E-state index contributed by atoms with van der Waals surface area (Å²) in [7, 11) is 0. The van der Waals surface area contributed by atoms with Gasteiger partial charge in [0.05, 0.1) is 6.61 Å². The van der Waals surface area contributed by atoms with Crippen LogP contribution in [0.2, 0.25) is 0 Å². The predicted molar refractivity (Wildman–Crippen MR) is 56.6 cm³/mol. The van der Waals surface area contributed by atoms with E-state index < -0.39 is 0 Å². The number of hydrogen-bond acceptors (Lipinski definition) is 2. The third kappa shape index (κ3) is 3.40. The molecule has 0 aliphatic heterocycles. The molecule has 0 aliphatic rings. The molecule has 3 heteroatoms. The van der Waals surface area contributed by atoms with Crippen LogP contribution in [0.5, 0.6) is 5.75 Å². The molecular formula is C9H11IO2. The number of rotatable bonds is 4. The van der Waals surface area contributed by atoms with E-state index in [9.17, 15) is 0 Å². The van der Waals surface area contributed by atoms with E-state index in [0.29, 0.717) is 13.2 Å². The van der Waals surface area contributed by atoms with Crippen molar-refractivity contribution in [3.05, 3.63) is 29.8 Å². The van der Waals surface area contributed by atoms with Crippen LogP contribution in [0.25, 0.3) is 0 Å². The minimum Gasteiger partial charge on any atom is -0.491 e. The number of ether oxygens (including phenoxy) is 1. The number of aryl methyl sites for hydroxylation is 1. The lowest BCUT2D eigenvalue weighted by Gasteiger charge is -2.04. The standard InChI is InChI=1S/C9H11IO2/c1-8-2-4-9(5-3-8)11-6-7-12-10/h2-5H,6-7H2,1H3. The molecular weight excluding hydrogens is 267 g/mol. The minimum absolute atomic E-state index is 0.603. The smallest absolute Gasteiger partial charge is 0.119 e. The van der Waals surface area contributed by atoms with Crippen LogP contribution in [0.3, 0.4) is 0 Å². The molecule has 0 aromatic heterocycles. The molecule has 0 saturated carbocycles. The lowest BCUT2D eigenvalue weighted by molar-refractivity contribution is 0.256. The van der Waals surface area contributed by atoms with Crippen molar-refractivity contribution in [2.24, 2.45) is 0 Å². The summed E-state index contributed by atoms with van der Waals surface area (Å²) in [6.07, 6.45) is 0. The zero-order valence-corrected chi connectivity index (χ0v) is 9.08. The van der Waals surface area contributed by atoms with Gasteiger partial charge in [0.1, 0.15) is 35.4 Å². The van der Waals surface area contributed by atoms with Crippen molar-refractivity contribution >= 4 is 23.0 Å². The van der Waals surface area contributed by atoms with E-state index in [-0.39, 0.29) is 0 Å². The Bertz CT molecular complexity index is 220. The molecule has 0 heterocycles. The molecule has 0 amide bonds. The predicted octanol–water partition coefficient (Wildman–Crippen LogP) is 2.74. The van der Waals surface area contributed by atoms with Gasteiger partial charge in [-0.1, -0.05) is 17.7 Å². The Morgan fingerprint density at radius 3 is 2.42 bits per heavy atom. The molecule has 1 rings (SSSR count). The second kappa shape index (κ2) is 5.37. The average Bonchev–Trinajstić information content (AvgIpc) is 2.09. The lowest BCUT2D eigenvalue weighted by Crippen LogP contribution is -2.01. The Hall–Kier alpha value is -0.290. The van der Waals surface area contributed by atoms with Gasteiger partial charge >= 0.3 is 0 Å². The molecule has 0 spiro atoms. The molecule has 0 aliphatic carbocycles. The first-order chi connectivity index (χ1) is 5.83. The van der Waals surface area contributed by atoms with Crippen LogP contribution in [-0.4, -0.2) is 13.2 Å². The summed E-state index contributed by atoms with van der Waals surface area (Å²) in [6.45, 7) is 3.28. The first-order valence-electron chi connectivity index (χ1n) is 3.76. The van der Waals surface area contributed by atoms with E-state index in [1.54, 1.807) is 0 Å². The van der Waals surface area contributed by atoms with Gasteiger partial charge in [-0.15, -0.1) is 0 Å². The maximum Gasteiger partial charge on any atom is 0.119 e. The number of hydrogen-bond donors (Lipinski definition) is 0. The van der Waals surface area contributed by atoms with Crippen LogP contribution in [0.1, 0.15) is 5.56 Å². The van der Waals surface area contributed by atoms with Crippen molar-refractivity contribution < 1.29 is 7.80 Å². The van der Waals surface area contributed by atoms with E-state index in [1.165, 1.54) is 5.56 Å². The van der Waals surface area contributed by atoms with Gasteiger partial charge in [-0.2, -0.15) is 0 Å². The summed E-state index contributed by atoms with van der Waals surface area (Å²) in [5.74, 6) is 0.897. The highest BCUT2D eigenvalue weighted by Crippen LogP contribution is 2.10. The lowest BCUT2D eigenvalue weighted by atomic mass is 10.2. The molecule has 66 valence electrons. The molecule has 0 N–H and O–H groups in total. The van der Waals surface area contributed by atoms with E-state index >= 15 is 0 Å². The van der Waals surface area contributed by atoms with E-state index in [4.69, 9.17) is 7.80 Å². The normalized spacial score (nSPS) is 9.83. The summed E-state index contributed by atoms with van der Waals surface area (Å²) in [5.41, 5.74) is 1.24.